The average Bonchev–Trinajstić information content (AvgIpc) is 2.71. The van der Waals surface area contributed by atoms with Crippen LogP contribution in [0.25, 0.3) is 0 Å². The standard InChI is InChI=1S/C22H24F4O4/c1-3-29-19(13-20(27)28)15-8-11-17(12-9-15)30-16-5-4-6-18(23)21(22(24,25)26)14(2)7-10-16/h4,6,8-9,11-12,16,19H,2-3,5,7,10,13H2,1H3,(H,27,28)/b6-4-,21-18?/t16-,19-/m0/s1. The van der Waals surface area contributed by atoms with Gasteiger partial charge in [-0.3, -0.25) is 4.79 Å². The second-order valence-electron chi connectivity index (χ2n) is 6.85. The minimum atomic E-state index is -4.81. The maximum absolute atomic E-state index is 14.0. The Balaban J connectivity index is 2.08. The number of hydrogen-bond donors (Lipinski definition) is 1. The third-order valence-electron chi connectivity index (χ3n) is 4.59. The normalized spacial score (nSPS) is 20.2. The van der Waals surface area contributed by atoms with Crippen LogP contribution in [0.15, 0.2) is 60.0 Å². The van der Waals surface area contributed by atoms with Crippen molar-refractivity contribution in [1.82, 2.24) is 0 Å². The molecule has 2 atom stereocenters. The summed E-state index contributed by atoms with van der Waals surface area (Å²) in [4.78, 5) is 11.0. The maximum Gasteiger partial charge on any atom is 0.419 e. The van der Waals surface area contributed by atoms with Crippen LogP contribution >= 0.6 is 0 Å². The molecule has 1 aliphatic carbocycles. The van der Waals surface area contributed by atoms with E-state index in [9.17, 15) is 22.4 Å². The van der Waals surface area contributed by atoms with Gasteiger partial charge in [0.25, 0.3) is 0 Å². The summed E-state index contributed by atoms with van der Waals surface area (Å²) in [5.41, 5.74) is -0.969. The van der Waals surface area contributed by atoms with Gasteiger partial charge in [-0.25, -0.2) is 4.39 Å². The maximum atomic E-state index is 14.0. The molecule has 164 valence electrons. The van der Waals surface area contributed by atoms with E-state index in [2.05, 4.69) is 6.58 Å². The van der Waals surface area contributed by atoms with Gasteiger partial charge in [-0.05, 0) is 49.1 Å². The van der Waals surface area contributed by atoms with Crippen molar-refractivity contribution >= 4 is 5.97 Å². The van der Waals surface area contributed by atoms with E-state index in [4.69, 9.17) is 14.6 Å². The van der Waals surface area contributed by atoms with Gasteiger partial charge in [-0.1, -0.05) is 24.8 Å². The van der Waals surface area contributed by atoms with Crippen molar-refractivity contribution in [3.8, 4) is 5.75 Å². The summed E-state index contributed by atoms with van der Waals surface area (Å²) in [6.45, 7) is 5.53. The number of carbonyl (C=O) groups is 1. The van der Waals surface area contributed by atoms with Crippen molar-refractivity contribution in [3.63, 3.8) is 0 Å². The van der Waals surface area contributed by atoms with E-state index in [1.165, 1.54) is 6.08 Å². The van der Waals surface area contributed by atoms with Crippen molar-refractivity contribution in [2.45, 2.75) is 51.0 Å². The summed E-state index contributed by atoms with van der Waals surface area (Å²) in [5, 5.41) is 9.01. The number of hydrogen-bond acceptors (Lipinski definition) is 3. The van der Waals surface area contributed by atoms with Gasteiger partial charge in [-0.2, -0.15) is 13.2 Å². The van der Waals surface area contributed by atoms with Gasteiger partial charge in [0.05, 0.1) is 18.1 Å². The van der Waals surface area contributed by atoms with Gasteiger partial charge in [0.2, 0.25) is 0 Å². The second-order valence-corrected chi connectivity index (χ2v) is 6.85. The molecule has 1 aliphatic rings. The van der Waals surface area contributed by atoms with Crippen LogP contribution in [0.5, 0.6) is 5.75 Å². The highest BCUT2D eigenvalue weighted by atomic mass is 19.4. The molecule has 0 saturated carbocycles. The zero-order valence-corrected chi connectivity index (χ0v) is 16.5. The van der Waals surface area contributed by atoms with E-state index in [1.54, 1.807) is 31.2 Å². The minimum Gasteiger partial charge on any atom is -0.490 e. The predicted molar refractivity (Wildman–Crippen MR) is 104 cm³/mol. The van der Waals surface area contributed by atoms with Gasteiger partial charge < -0.3 is 14.6 Å². The van der Waals surface area contributed by atoms with Gasteiger partial charge in [-0.15, -0.1) is 0 Å². The van der Waals surface area contributed by atoms with Crippen LogP contribution in [0.4, 0.5) is 17.6 Å². The summed E-state index contributed by atoms with van der Waals surface area (Å²) in [6, 6.07) is 6.67. The molecular weight excluding hydrogens is 404 g/mol. The first-order chi connectivity index (χ1) is 14.1. The molecule has 0 aliphatic heterocycles. The Morgan fingerprint density at radius 2 is 1.97 bits per heavy atom. The fourth-order valence-corrected chi connectivity index (χ4v) is 3.18. The lowest BCUT2D eigenvalue weighted by molar-refractivity contribution is -0.140. The lowest BCUT2D eigenvalue weighted by atomic mass is 10.00. The van der Waals surface area contributed by atoms with Crippen molar-refractivity contribution < 1.29 is 36.9 Å². The van der Waals surface area contributed by atoms with Gasteiger partial charge in [0.15, 0.2) is 0 Å². The summed E-state index contributed by atoms with van der Waals surface area (Å²) in [7, 11) is 0. The highest BCUT2D eigenvalue weighted by Gasteiger charge is 2.38. The number of halogens is 4. The molecule has 1 N–H and O–H groups in total. The summed E-state index contributed by atoms with van der Waals surface area (Å²) < 4.78 is 64.6. The fraction of sp³-hybridized carbons (Fsp3) is 0.409. The van der Waals surface area contributed by atoms with Crippen LogP contribution < -0.4 is 4.74 Å². The Hall–Kier alpha value is -2.61. The number of ether oxygens (including phenoxy) is 2. The molecular formula is C22H24F4O4. The third-order valence-corrected chi connectivity index (χ3v) is 4.59. The van der Waals surface area contributed by atoms with Crippen molar-refractivity contribution in [2.75, 3.05) is 6.61 Å². The first-order valence-corrected chi connectivity index (χ1v) is 9.53. The number of rotatable bonds is 7. The first-order valence-electron chi connectivity index (χ1n) is 9.53. The molecule has 0 amide bonds. The molecule has 0 unspecified atom stereocenters. The molecule has 1 aromatic rings. The number of carboxylic acid groups (broad SMARTS) is 1. The molecule has 0 fully saturated rings. The number of aliphatic carboxylic acids is 1. The zero-order chi connectivity index (χ0) is 22.3. The van der Waals surface area contributed by atoms with Crippen molar-refractivity contribution in [2.24, 2.45) is 0 Å². The number of benzene rings is 1. The highest BCUT2D eigenvalue weighted by molar-refractivity contribution is 5.67. The smallest absolute Gasteiger partial charge is 0.419 e. The topological polar surface area (TPSA) is 55.8 Å². The lowest BCUT2D eigenvalue weighted by Gasteiger charge is -2.20. The van der Waals surface area contributed by atoms with E-state index in [0.717, 1.165) is 6.08 Å². The molecule has 0 heterocycles. The lowest BCUT2D eigenvalue weighted by Crippen LogP contribution is -2.18. The fourth-order valence-electron chi connectivity index (χ4n) is 3.18. The van der Waals surface area contributed by atoms with E-state index < -0.39 is 35.8 Å². The van der Waals surface area contributed by atoms with E-state index in [0.29, 0.717) is 17.9 Å². The highest BCUT2D eigenvalue weighted by Crippen LogP contribution is 2.37. The Morgan fingerprint density at radius 3 is 2.53 bits per heavy atom. The molecule has 30 heavy (non-hydrogen) atoms. The Labute approximate surface area is 172 Å². The number of carboxylic acids is 1. The van der Waals surface area contributed by atoms with Gasteiger partial charge in [0, 0.05) is 13.0 Å². The average molecular weight is 428 g/mol. The Bertz CT molecular complexity index is 809. The monoisotopic (exact) mass is 428 g/mol. The van der Waals surface area contributed by atoms with Crippen LogP contribution in [-0.4, -0.2) is 30.0 Å². The molecule has 0 radical (unpaired) electrons. The zero-order valence-electron chi connectivity index (χ0n) is 16.5. The van der Waals surface area contributed by atoms with E-state index in [-0.39, 0.29) is 31.3 Å². The predicted octanol–water partition coefficient (Wildman–Crippen LogP) is 6.07. The van der Waals surface area contributed by atoms with Crippen LogP contribution in [0, 0.1) is 0 Å². The van der Waals surface area contributed by atoms with Crippen LogP contribution in [0.3, 0.4) is 0 Å². The van der Waals surface area contributed by atoms with Gasteiger partial charge >= 0.3 is 12.1 Å². The summed E-state index contributed by atoms with van der Waals surface area (Å²) in [5.74, 6) is -1.86. The Kier molecular flexibility index (Phi) is 8.23. The third kappa shape index (κ3) is 6.73. The van der Waals surface area contributed by atoms with E-state index >= 15 is 0 Å². The molecule has 0 saturated heterocycles. The summed E-state index contributed by atoms with van der Waals surface area (Å²) in [6.07, 6.45) is -3.52. The Morgan fingerprint density at radius 1 is 1.30 bits per heavy atom. The molecule has 1 aromatic carbocycles. The molecule has 0 bridgehead atoms. The number of allylic oxidation sites excluding steroid dienone is 4. The molecule has 8 heteroatoms. The quantitative estimate of drug-likeness (QED) is 0.536. The summed E-state index contributed by atoms with van der Waals surface area (Å²) >= 11 is 0. The molecule has 0 spiro atoms. The van der Waals surface area contributed by atoms with Crippen LogP contribution in [0.2, 0.25) is 0 Å². The largest absolute Gasteiger partial charge is 0.490 e. The molecule has 2 rings (SSSR count). The minimum absolute atomic E-state index is 0.0578. The van der Waals surface area contributed by atoms with E-state index in [1.807, 2.05) is 0 Å². The SMILES string of the molecule is C=C1CC[C@@H](Oc2ccc([C@H](CC(=O)O)OCC)cc2)C/C=C\C(F)=C1C(F)(F)F. The molecule has 4 nitrogen and oxygen atoms in total. The first kappa shape index (κ1) is 23.7. The van der Waals surface area contributed by atoms with Crippen molar-refractivity contribution in [1.29, 1.82) is 0 Å². The van der Waals surface area contributed by atoms with Crippen LogP contribution in [-0.2, 0) is 9.53 Å². The molecule has 0 aromatic heterocycles. The second kappa shape index (κ2) is 10.4. The number of alkyl halides is 3. The van der Waals surface area contributed by atoms with Crippen LogP contribution in [0.1, 0.15) is 44.3 Å². The van der Waals surface area contributed by atoms with Gasteiger partial charge in [0.1, 0.15) is 17.7 Å². The van der Waals surface area contributed by atoms with Crippen molar-refractivity contribution in [3.05, 3.63) is 65.5 Å².